The van der Waals surface area contributed by atoms with Crippen LogP contribution in [0, 0.1) is 5.41 Å². The van der Waals surface area contributed by atoms with Gasteiger partial charge < -0.3 is 10.4 Å². The van der Waals surface area contributed by atoms with Gasteiger partial charge in [0.2, 0.25) is 5.82 Å². The maximum absolute atomic E-state index is 11.7. The van der Waals surface area contributed by atoms with Crippen LogP contribution in [0.25, 0.3) is 0 Å². The Morgan fingerprint density at radius 3 is 2.72 bits per heavy atom. The second kappa shape index (κ2) is 4.40. The van der Waals surface area contributed by atoms with Gasteiger partial charge in [-0.15, -0.1) is 5.10 Å². The highest BCUT2D eigenvalue weighted by atomic mass is 16.4. The highest BCUT2D eigenvalue weighted by Gasteiger charge is 2.30. The number of aliphatic carboxylic acids is 1. The van der Waals surface area contributed by atoms with Gasteiger partial charge in [0.25, 0.3) is 5.91 Å². The molecule has 0 radical (unpaired) electrons. The van der Waals surface area contributed by atoms with Crippen molar-refractivity contribution in [1.29, 1.82) is 0 Å². The molecule has 0 bridgehead atoms. The van der Waals surface area contributed by atoms with Crippen LogP contribution >= 0.6 is 0 Å². The van der Waals surface area contributed by atoms with Gasteiger partial charge in [-0.3, -0.25) is 14.7 Å². The molecule has 1 aromatic heterocycles. The number of hydrogen-bond donors (Lipinski definition) is 3. The van der Waals surface area contributed by atoms with Crippen molar-refractivity contribution in [2.45, 2.75) is 32.6 Å². The van der Waals surface area contributed by atoms with E-state index in [9.17, 15) is 9.59 Å². The summed E-state index contributed by atoms with van der Waals surface area (Å²) < 4.78 is 0. The topological polar surface area (TPSA) is 108 Å². The zero-order chi connectivity index (χ0) is 13.3. The summed E-state index contributed by atoms with van der Waals surface area (Å²) in [6.07, 6.45) is 2.14. The van der Waals surface area contributed by atoms with Crippen molar-refractivity contribution in [2.75, 3.05) is 6.54 Å². The second-order valence-corrected chi connectivity index (χ2v) is 5.19. The Hall–Kier alpha value is -1.92. The van der Waals surface area contributed by atoms with Crippen molar-refractivity contribution in [3.63, 3.8) is 0 Å². The molecule has 7 nitrogen and oxygen atoms in total. The normalized spacial score (nSPS) is 15.4. The maximum Gasteiger partial charge on any atom is 0.310 e. The number of aromatic nitrogens is 3. The third-order valence-electron chi connectivity index (χ3n) is 2.94. The standard InChI is InChI=1S/C11H16N4O3/c1-11(2,10(17)18)5-12-9(16)8-13-7(14-15-8)6-3-4-6/h6H,3-5H2,1-2H3,(H,12,16)(H,17,18)(H,13,14,15). The molecule has 3 N–H and O–H groups in total. The number of carboxylic acid groups (broad SMARTS) is 1. The van der Waals surface area contributed by atoms with Gasteiger partial charge in [-0.05, 0) is 26.7 Å². The number of nitrogens with one attached hydrogen (secondary N) is 2. The van der Waals surface area contributed by atoms with E-state index in [4.69, 9.17) is 5.11 Å². The summed E-state index contributed by atoms with van der Waals surface area (Å²) in [4.78, 5) is 26.7. The van der Waals surface area contributed by atoms with Gasteiger partial charge in [0.1, 0.15) is 5.82 Å². The quantitative estimate of drug-likeness (QED) is 0.708. The third kappa shape index (κ3) is 2.66. The van der Waals surface area contributed by atoms with Gasteiger partial charge in [0.15, 0.2) is 0 Å². The summed E-state index contributed by atoms with van der Waals surface area (Å²) in [7, 11) is 0. The Kier molecular flexibility index (Phi) is 3.06. The van der Waals surface area contributed by atoms with Crippen LogP contribution < -0.4 is 5.32 Å². The molecule has 7 heteroatoms. The molecule has 0 saturated heterocycles. The van der Waals surface area contributed by atoms with Gasteiger partial charge in [0.05, 0.1) is 5.41 Å². The molecule has 1 heterocycles. The Labute approximate surface area is 104 Å². The van der Waals surface area contributed by atoms with Crippen LogP contribution in [0.15, 0.2) is 0 Å². The van der Waals surface area contributed by atoms with Crippen molar-refractivity contribution < 1.29 is 14.7 Å². The Morgan fingerprint density at radius 1 is 1.50 bits per heavy atom. The average Bonchev–Trinajstić information content (AvgIpc) is 3.04. The number of aromatic amines is 1. The van der Waals surface area contributed by atoms with Crippen LogP contribution in [0.4, 0.5) is 0 Å². The molecule has 98 valence electrons. The molecule has 0 atom stereocenters. The van der Waals surface area contributed by atoms with Crippen molar-refractivity contribution in [1.82, 2.24) is 20.5 Å². The van der Waals surface area contributed by atoms with Gasteiger partial charge in [-0.2, -0.15) is 0 Å². The Morgan fingerprint density at radius 2 is 2.17 bits per heavy atom. The van der Waals surface area contributed by atoms with Gasteiger partial charge in [-0.25, -0.2) is 4.98 Å². The summed E-state index contributed by atoms with van der Waals surface area (Å²) in [6, 6.07) is 0. The first-order valence-corrected chi connectivity index (χ1v) is 5.84. The minimum absolute atomic E-state index is 0.0362. The lowest BCUT2D eigenvalue weighted by molar-refractivity contribution is -0.146. The molecule has 0 spiro atoms. The predicted molar refractivity (Wildman–Crippen MR) is 62.1 cm³/mol. The molecule has 1 saturated carbocycles. The van der Waals surface area contributed by atoms with Crippen LogP contribution in [0.5, 0.6) is 0 Å². The minimum Gasteiger partial charge on any atom is -0.481 e. The zero-order valence-corrected chi connectivity index (χ0v) is 10.4. The largest absolute Gasteiger partial charge is 0.481 e. The van der Waals surface area contributed by atoms with Crippen molar-refractivity contribution in [3.05, 3.63) is 11.6 Å². The molecule has 1 aliphatic carbocycles. The smallest absolute Gasteiger partial charge is 0.310 e. The third-order valence-corrected chi connectivity index (χ3v) is 2.94. The van der Waals surface area contributed by atoms with Crippen LogP contribution in [0.2, 0.25) is 0 Å². The summed E-state index contributed by atoms with van der Waals surface area (Å²) >= 11 is 0. The monoisotopic (exact) mass is 252 g/mol. The van der Waals surface area contributed by atoms with Gasteiger partial charge in [-0.1, -0.05) is 0 Å². The van der Waals surface area contributed by atoms with E-state index < -0.39 is 17.3 Å². The number of carbonyl (C=O) groups excluding carboxylic acids is 1. The van der Waals surface area contributed by atoms with E-state index in [1.807, 2.05) is 0 Å². The van der Waals surface area contributed by atoms with E-state index in [-0.39, 0.29) is 12.4 Å². The van der Waals surface area contributed by atoms with Crippen LogP contribution in [-0.4, -0.2) is 38.7 Å². The fraction of sp³-hybridized carbons (Fsp3) is 0.636. The molecule has 2 rings (SSSR count). The van der Waals surface area contributed by atoms with Crippen molar-refractivity contribution in [3.8, 4) is 0 Å². The van der Waals surface area contributed by atoms with Gasteiger partial charge in [0, 0.05) is 12.5 Å². The van der Waals surface area contributed by atoms with E-state index in [0.717, 1.165) is 18.7 Å². The number of carbonyl (C=O) groups is 2. The number of rotatable bonds is 5. The molecule has 0 aromatic carbocycles. The number of carboxylic acids is 1. The molecule has 1 aliphatic rings. The molecule has 18 heavy (non-hydrogen) atoms. The summed E-state index contributed by atoms with van der Waals surface area (Å²) in [5.74, 6) is -0.214. The first-order chi connectivity index (χ1) is 8.40. The molecule has 1 fully saturated rings. The molecule has 0 unspecified atom stereocenters. The molecule has 1 aromatic rings. The summed E-state index contributed by atoms with van der Waals surface area (Å²) in [5.41, 5.74) is -1.01. The lowest BCUT2D eigenvalue weighted by atomic mass is 9.94. The van der Waals surface area contributed by atoms with Crippen molar-refractivity contribution >= 4 is 11.9 Å². The number of amides is 1. The number of nitrogens with zero attached hydrogens (tertiary/aromatic N) is 2. The fourth-order valence-corrected chi connectivity index (χ4v) is 1.37. The molecule has 1 amide bonds. The molecular weight excluding hydrogens is 236 g/mol. The number of hydrogen-bond acceptors (Lipinski definition) is 4. The van der Waals surface area contributed by atoms with E-state index in [2.05, 4.69) is 20.5 Å². The van der Waals surface area contributed by atoms with E-state index >= 15 is 0 Å². The highest BCUT2D eigenvalue weighted by molar-refractivity contribution is 5.90. The molecule has 0 aliphatic heterocycles. The minimum atomic E-state index is -1.01. The SMILES string of the molecule is CC(C)(CNC(=O)c1n[nH]c(C2CC2)n1)C(=O)O. The Bertz CT molecular complexity index is 476. The van der Waals surface area contributed by atoms with E-state index in [1.54, 1.807) is 13.8 Å². The number of H-pyrrole nitrogens is 1. The van der Waals surface area contributed by atoms with Crippen molar-refractivity contribution in [2.24, 2.45) is 5.41 Å². The highest BCUT2D eigenvalue weighted by Crippen LogP contribution is 2.37. The van der Waals surface area contributed by atoms with E-state index in [0.29, 0.717) is 5.92 Å². The lowest BCUT2D eigenvalue weighted by Crippen LogP contribution is -2.39. The fourth-order valence-electron chi connectivity index (χ4n) is 1.37. The van der Waals surface area contributed by atoms with Gasteiger partial charge >= 0.3 is 5.97 Å². The molecular formula is C11H16N4O3. The second-order valence-electron chi connectivity index (χ2n) is 5.19. The average molecular weight is 252 g/mol. The summed E-state index contributed by atoms with van der Waals surface area (Å²) in [5, 5.41) is 18.0. The lowest BCUT2D eigenvalue weighted by Gasteiger charge is -2.18. The zero-order valence-electron chi connectivity index (χ0n) is 10.4. The Balaban J connectivity index is 1.92. The predicted octanol–water partition coefficient (Wildman–Crippen LogP) is 0.523. The first-order valence-electron chi connectivity index (χ1n) is 5.84. The van der Waals surface area contributed by atoms with Crippen LogP contribution in [-0.2, 0) is 4.79 Å². The van der Waals surface area contributed by atoms with Crippen LogP contribution in [0.1, 0.15) is 49.1 Å². The van der Waals surface area contributed by atoms with Crippen LogP contribution in [0.3, 0.4) is 0 Å². The van der Waals surface area contributed by atoms with E-state index in [1.165, 1.54) is 0 Å². The first kappa shape index (κ1) is 12.5. The summed E-state index contributed by atoms with van der Waals surface area (Å²) in [6.45, 7) is 3.13. The maximum atomic E-state index is 11.7.